The molecule has 0 unspecified atom stereocenters. The second kappa shape index (κ2) is 9.06. The Balaban J connectivity index is 1.76. The highest BCUT2D eigenvalue weighted by atomic mass is 19.2. The number of benzene rings is 2. The van der Waals surface area contributed by atoms with E-state index in [0.29, 0.717) is 23.6 Å². The van der Waals surface area contributed by atoms with E-state index in [1.165, 1.54) is 37.8 Å². The number of rotatable bonds is 6. The molecule has 1 aliphatic rings. The molecule has 2 aromatic carbocycles. The summed E-state index contributed by atoms with van der Waals surface area (Å²) in [6, 6.07) is 3.72. The summed E-state index contributed by atoms with van der Waals surface area (Å²) < 4.78 is 69.3. The van der Waals surface area contributed by atoms with Gasteiger partial charge in [0.05, 0.1) is 5.56 Å². The lowest BCUT2D eigenvalue weighted by atomic mass is 9.77. The summed E-state index contributed by atoms with van der Waals surface area (Å²) in [5, 5.41) is 0. The van der Waals surface area contributed by atoms with Gasteiger partial charge in [0.2, 0.25) is 0 Å². The van der Waals surface area contributed by atoms with E-state index in [4.69, 9.17) is 0 Å². The Labute approximate surface area is 162 Å². The van der Waals surface area contributed by atoms with E-state index >= 15 is 0 Å². The predicted octanol–water partition coefficient (Wildman–Crippen LogP) is 7.90. The van der Waals surface area contributed by atoms with Gasteiger partial charge in [0.1, 0.15) is 11.6 Å². The van der Waals surface area contributed by atoms with Crippen LogP contribution in [0.3, 0.4) is 0 Å². The summed E-state index contributed by atoms with van der Waals surface area (Å²) in [4.78, 5) is 0. The standard InChI is InChI=1S/C23H25F5/c1-2-3-4-5-14-6-8-15(9-7-14)16-10-18(24)22(19(25)11-16)17-12-20(26)23(28)21(27)13-17/h10-15H,2-9H2,1H3. The minimum Gasteiger partial charge on any atom is -0.206 e. The molecule has 0 heterocycles. The topological polar surface area (TPSA) is 0 Å². The number of hydrogen-bond donors (Lipinski definition) is 0. The summed E-state index contributed by atoms with van der Waals surface area (Å²) in [6.45, 7) is 2.18. The lowest BCUT2D eigenvalue weighted by Crippen LogP contribution is -2.14. The minimum absolute atomic E-state index is 0.0853. The molecule has 1 saturated carbocycles. The van der Waals surface area contributed by atoms with Gasteiger partial charge in [-0.3, -0.25) is 0 Å². The molecule has 0 bridgehead atoms. The highest BCUT2D eigenvalue weighted by Crippen LogP contribution is 2.39. The van der Waals surface area contributed by atoms with Crippen molar-refractivity contribution < 1.29 is 22.0 Å². The maximum atomic E-state index is 14.6. The van der Waals surface area contributed by atoms with Crippen LogP contribution < -0.4 is 0 Å². The largest absolute Gasteiger partial charge is 0.206 e. The van der Waals surface area contributed by atoms with Gasteiger partial charge in [-0.15, -0.1) is 0 Å². The molecule has 5 heteroatoms. The Morgan fingerprint density at radius 2 is 1.32 bits per heavy atom. The van der Waals surface area contributed by atoms with E-state index in [9.17, 15) is 22.0 Å². The Bertz CT molecular complexity index is 776. The second-order valence-corrected chi connectivity index (χ2v) is 7.83. The Hall–Kier alpha value is -1.91. The molecule has 1 aliphatic carbocycles. The minimum atomic E-state index is -1.66. The molecule has 0 saturated heterocycles. The first kappa shape index (κ1) is 20.8. The van der Waals surface area contributed by atoms with Crippen molar-refractivity contribution >= 4 is 0 Å². The van der Waals surface area contributed by atoms with Gasteiger partial charge in [-0.05, 0) is 72.9 Å². The zero-order chi connectivity index (χ0) is 20.3. The molecule has 0 N–H and O–H groups in total. The first-order valence-corrected chi connectivity index (χ1v) is 10.0. The zero-order valence-electron chi connectivity index (χ0n) is 16.0. The molecular formula is C23H25F5. The van der Waals surface area contributed by atoms with Gasteiger partial charge in [0.15, 0.2) is 17.5 Å². The molecule has 0 atom stereocenters. The lowest BCUT2D eigenvalue weighted by molar-refractivity contribution is 0.302. The third kappa shape index (κ3) is 4.56. The van der Waals surface area contributed by atoms with Crippen molar-refractivity contribution in [2.45, 2.75) is 64.2 Å². The molecule has 0 nitrogen and oxygen atoms in total. The van der Waals surface area contributed by atoms with E-state index in [1.54, 1.807) is 0 Å². The van der Waals surface area contributed by atoms with E-state index in [-0.39, 0.29) is 11.5 Å². The summed E-state index contributed by atoms with van der Waals surface area (Å²) in [7, 11) is 0. The van der Waals surface area contributed by atoms with Crippen molar-refractivity contribution in [3.63, 3.8) is 0 Å². The van der Waals surface area contributed by atoms with Gasteiger partial charge < -0.3 is 0 Å². The summed E-state index contributed by atoms with van der Waals surface area (Å²) >= 11 is 0. The number of unbranched alkanes of at least 4 members (excludes halogenated alkanes) is 2. The molecule has 152 valence electrons. The maximum absolute atomic E-state index is 14.6. The van der Waals surface area contributed by atoms with Crippen LogP contribution in [0, 0.1) is 35.0 Å². The lowest BCUT2D eigenvalue weighted by Gasteiger charge is -2.29. The van der Waals surface area contributed by atoms with Gasteiger partial charge in [-0.2, -0.15) is 0 Å². The van der Waals surface area contributed by atoms with Gasteiger partial charge in [-0.25, -0.2) is 22.0 Å². The van der Waals surface area contributed by atoms with Crippen molar-refractivity contribution in [3.8, 4) is 11.1 Å². The molecule has 1 fully saturated rings. The van der Waals surface area contributed by atoms with Crippen LogP contribution in [0.2, 0.25) is 0 Å². The van der Waals surface area contributed by atoms with Crippen LogP contribution in [-0.4, -0.2) is 0 Å². The first-order chi connectivity index (χ1) is 13.4. The van der Waals surface area contributed by atoms with Crippen molar-refractivity contribution in [2.75, 3.05) is 0 Å². The quantitative estimate of drug-likeness (QED) is 0.264. The average molecular weight is 396 g/mol. The van der Waals surface area contributed by atoms with Gasteiger partial charge in [0, 0.05) is 0 Å². The highest BCUT2D eigenvalue weighted by Gasteiger charge is 2.25. The fourth-order valence-electron chi connectivity index (χ4n) is 4.27. The number of hydrogen-bond acceptors (Lipinski definition) is 0. The van der Waals surface area contributed by atoms with Crippen LogP contribution in [0.5, 0.6) is 0 Å². The molecule has 28 heavy (non-hydrogen) atoms. The molecule has 0 aliphatic heterocycles. The third-order valence-corrected chi connectivity index (χ3v) is 5.87. The summed E-state index contributed by atoms with van der Waals surface area (Å²) in [5.41, 5.74) is -0.304. The molecule has 3 rings (SSSR count). The monoisotopic (exact) mass is 396 g/mol. The molecule has 0 amide bonds. The van der Waals surface area contributed by atoms with Crippen LogP contribution >= 0.6 is 0 Å². The Morgan fingerprint density at radius 3 is 1.86 bits per heavy atom. The Morgan fingerprint density at radius 1 is 0.750 bits per heavy atom. The maximum Gasteiger partial charge on any atom is 0.194 e. The van der Waals surface area contributed by atoms with Gasteiger partial charge >= 0.3 is 0 Å². The van der Waals surface area contributed by atoms with Crippen LogP contribution in [-0.2, 0) is 0 Å². The van der Waals surface area contributed by atoms with Gasteiger partial charge in [0.25, 0.3) is 0 Å². The van der Waals surface area contributed by atoms with Crippen LogP contribution in [0.1, 0.15) is 69.8 Å². The van der Waals surface area contributed by atoms with Crippen LogP contribution in [0.4, 0.5) is 22.0 Å². The smallest absolute Gasteiger partial charge is 0.194 e. The fourth-order valence-corrected chi connectivity index (χ4v) is 4.27. The second-order valence-electron chi connectivity index (χ2n) is 7.83. The molecular weight excluding hydrogens is 371 g/mol. The van der Waals surface area contributed by atoms with Crippen molar-refractivity contribution in [3.05, 3.63) is 58.9 Å². The SMILES string of the molecule is CCCCCC1CCC(c2cc(F)c(-c3cc(F)c(F)c(F)c3)c(F)c2)CC1. The van der Waals surface area contributed by atoms with E-state index in [0.717, 1.165) is 25.7 Å². The highest BCUT2D eigenvalue weighted by molar-refractivity contribution is 5.65. The summed E-state index contributed by atoms with van der Waals surface area (Å²) in [5.74, 6) is -5.60. The van der Waals surface area contributed by atoms with Gasteiger partial charge in [-0.1, -0.05) is 32.6 Å². The molecule has 2 aromatic rings. The van der Waals surface area contributed by atoms with Crippen molar-refractivity contribution in [1.82, 2.24) is 0 Å². The Kier molecular flexibility index (Phi) is 6.73. The van der Waals surface area contributed by atoms with Crippen LogP contribution in [0.15, 0.2) is 24.3 Å². The van der Waals surface area contributed by atoms with Crippen LogP contribution in [0.25, 0.3) is 11.1 Å². The fraction of sp³-hybridized carbons (Fsp3) is 0.478. The van der Waals surface area contributed by atoms with E-state index in [2.05, 4.69) is 6.92 Å². The van der Waals surface area contributed by atoms with E-state index < -0.39 is 34.6 Å². The summed E-state index contributed by atoms with van der Waals surface area (Å²) in [6.07, 6.45) is 8.74. The van der Waals surface area contributed by atoms with E-state index in [1.807, 2.05) is 0 Å². The molecule has 0 aromatic heterocycles. The van der Waals surface area contributed by atoms with Crippen molar-refractivity contribution in [1.29, 1.82) is 0 Å². The normalized spacial score (nSPS) is 19.8. The third-order valence-electron chi connectivity index (χ3n) is 5.87. The average Bonchev–Trinajstić information content (AvgIpc) is 2.66. The molecule has 0 radical (unpaired) electrons. The number of halogens is 5. The van der Waals surface area contributed by atoms with Crippen molar-refractivity contribution in [2.24, 2.45) is 5.92 Å². The predicted molar refractivity (Wildman–Crippen MR) is 101 cm³/mol. The zero-order valence-corrected chi connectivity index (χ0v) is 16.0. The molecule has 0 spiro atoms. The first-order valence-electron chi connectivity index (χ1n) is 10.0.